The van der Waals surface area contributed by atoms with E-state index in [1.807, 2.05) is 19.9 Å². The van der Waals surface area contributed by atoms with E-state index in [-0.39, 0.29) is 17.5 Å². The summed E-state index contributed by atoms with van der Waals surface area (Å²) in [4.78, 5) is 25.4. The quantitative estimate of drug-likeness (QED) is 0.768. The Balaban J connectivity index is 1.91. The van der Waals surface area contributed by atoms with Gasteiger partial charge in [-0.05, 0) is 43.5 Å². The van der Waals surface area contributed by atoms with E-state index in [2.05, 4.69) is 0 Å². The Kier molecular flexibility index (Phi) is 5.09. The Labute approximate surface area is 136 Å². The van der Waals surface area contributed by atoms with Crippen LogP contribution in [0.25, 0.3) is 0 Å². The van der Waals surface area contributed by atoms with Crippen LogP contribution in [-0.4, -0.2) is 56.4 Å². The molecule has 0 radical (unpaired) electrons. The molecule has 7 heteroatoms. The minimum atomic E-state index is -3.06. The topological polar surface area (TPSA) is 80.8 Å². The first-order valence-corrected chi connectivity index (χ1v) is 9.22. The van der Waals surface area contributed by atoms with E-state index in [0.29, 0.717) is 12.0 Å². The fourth-order valence-corrected chi connectivity index (χ4v) is 4.24. The standard InChI is InChI=1S/C16H21NO5S/c1-11-4-5-13(8-12(11)2)16(19)22-9-15(18)17(3)14-6-7-23(20,21)10-14/h4-5,8,14H,6-7,9-10H2,1-3H3/t14-/m0/s1. The van der Waals surface area contributed by atoms with Crippen molar-refractivity contribution >= 4 is 21.7 Å². The van der Waals surface area contributed by atoms with Gasteiger partial charge in [0.25, 0.3) is 5.91 Å². The molecule has 1 heterocycles. The molecule has 1 fully saturated rings. The highest BCUT2D eigenvalue weighted by Gasteiger charge is 2.32. The van der Waals surface area contributed by atoms with Crippen LogP contribution in [0.3, 0.4) is 0 Å². The number of rotatable bonds is 4. The zero-order valence-electron chi connectivity index (χ0n) is 13.5. The zero-order valence-corrected chi connectivity index (χ0v) is 14.4. The maximum Gasteiger partial charge on any atom is 0.338 e. The molecule has 1 aliphatic rings. The number of ether oxygens (including phenoxy) is 1. The van der Waals surface area contributed by atoms with Crippen LogP contribution in [0.4, 0.5) is 0 Å². The van der Waals surface area contributed by atoms with E-state index in [1.54, 1.807) is 12.1 Å². The van der Waals surface area contributed by atoms with Crippen molar-refractivity contribution in [3.63, 3.8) is 0 Å². The van der Waals surface area contributed by atoms with Crippen molar-refractivity contribution in [2.45, 2.75) is 26.3 Å². The minimum absolute atomic E-state index is 0.0274. The third kappa shape index (κ3) is 4.31. The fraction of sp³-hybridized carbons (Fsp3) is 0.500. The second kappa shape index (κ2) is 6.70. The number of nitrogens with zero attached hydrogens (tertiary/aromatic N) is 1. The van der Waals surface area contributed by atoms with Crippen LogP contribution >= 0.6 is 0 Å². The summed E-state index contributed by atoms with van der Waals surface area (Å²) in [6, 6.07) is 4.86. The summed E-state index contributed by atoms with van der Waals surface area (Å²) in [7, 11) is -1.52. The van der Waals surface area contributed by atoms with Crippen LogP contribution in [0.1, 0.15) is 27.9 Å². The second-order valence-corrected chi connectivity index (χ2v) is 8.17. The zero-order chi connectivity index (χ0) is 17.2. The lowest BCUT2D eigenvalue weighted by atomic mass is 10.1. The van der Waals surface area contributed by atoms with Gasteiger partial charge in [-0.25, -0.2) is 13.2 Å². The largest absolute Gasteiger partial charge is 0.452 e. The van der Waals surface area contributed by atoms with Gasteiger partial charge in [0.2, 0.25) is 0 Å². The summed E-state index contributed by atoms with van der Waals surface area (Å²) >= 11 is 0. The van der Waals surface area contributed by atoms with Crippen LogP contribution in [0.15, 0.2) is 18.2 Å². The maximum absolute atomic E-state index is 12.1. The molecule has 0 aliphatic carbocycles. The average Bonchev–Trinajstić information content (AvgIpc) is 2.86. The summed E-state index contributed by atoms with van der Waals surface area (Å²) in [6.45, 7) is 3.45. The predicted molar refractivity (Wildman–Crippen MR) is 86.0 cm³/mol. The summed E-state index contributed by atoms with van der Waals surface area (Å²) in [6.07, 6.45) is 0.426. The van der Waals surface area contributed by atoms with E-state index in [0.717, 1.165) is 11.1 Å². The minimum Gasteiger partial charge on any atom is -0.452 e. The van der Waals surface area contributed by atoms with Crippen LogP contribution in [0, 0.1) is 13.8 Å². The second-order valence-electron chi connectivity index (χ2n) is 5.94. The third-order valence-corrected chi connectivity index (χ3v) is 5.97. The van der Waals surface area contributed by atoms with Gasteiger partial charge in [0.15, 0.2) is 16.4 Å². The molecule has 0 bridgehead atoms. The molecule has 0 unspecified atom stereocenters. The molecule has 2 rings (SSSR count). The number of carbonyl (C=O) groups excluding carboxylic acids is 2. The normalized spacial score (nSPS) is 19.3. The number of benzene rings is 1. The van der Waals surface area contributed by atoms with Crippen LogP contribution in [0.2, 0.25) is 0 Å². The molecule has 1 aromatic carbocycles. The van der Waals surface area contributed by atoms with Gasteiger partial charge in [0.1, 0.15) is 0 Å². The van der Waals surface area contributed by atoms with Crippen molar-refractivity contribution in [1.82, 2.24) is 4.90 Å². The van der Waals surface area contributed by atoms with Gasteiger partial charge in [-0.3, -0.25) is 4.79 Å². The van der Waals surface area contributed by atoms with E-state index in [4.69, 9.17) is 4.74 Å². The maximum atomic E-state index is 12.1. The number of amides is 1. The van der Waals surface area contributed by atoms with Gasteiger partial charge in [-0.2, -0.15) is 0 Å². The van der Waals surface area contributed by atoms with Gasteiger partial charge in [-0.1, -0.05) is 6.07 Å². The number of sulfone groups is 1. The smallest absolute Gasteiger partial charge is 0.338 e. The van der Waals surface area contributed by atoms with Crippen molar-refractivity contribution in [1.29, 1.82) is 0 Å². The highest BCUT2D eigenvalue weighted by molar-refractivity contribution is 7.91. The Hall–Kier alpha value is -1.89. The van der Waals surface area contributed by atoms with Gasteiger partial charge in [-0.15, -0.1) is 0 Å². The Bertz CT molecular complexity index is 726. The molecule has 1 amide bonds. The lowest BCUT2D eigenvalue weighted by Gasteiger charge is -2.23. The van der Waals surface area contributed by atoms with E-state index < -0.39 is 28.3 Å². The summed E-state index contributed by atoms with van der Waals surface area (Å²) in [5.41, 5.74) is 2.44. The molecule has 0 aromatic heterocycles. The van der Waals surface area contributed by atoms with Crippen LogP contribution in [-0.2, 0) is 19.4 Å². The first-order chi connectivity index (χ1) is 10.7. The molecule has 0 saturated carbocycles. The number of hydrogen-bond acceptors (Lipinski definition) is 5. The van der Waals surface area contributed by atoms with Crippen LogP contribution < -0.4 is 0 Å². The van der Waals surface area contributed by atoms with Crippen molar-refractivity contribution in [2.75, 3.05) is 25.2 Å². The van der Waals surface area contributed by atoms with Gasteiger partial charge >= 0.3 is 5.97 Å². The van der Waals surface area contributed by atoms with Crippen molar-refractivity contribution < 1.29 is 22.7 Å². The van der Waals surface area contributed by atoms with Gasteiger partial charge in [0, 0.05) is 13.1 Å². The van der Waals surface area contributed by atoms with Crippen molar-refractivity contribution in [3.8, 4) is 0 Å². The highest BCUT2D eigenvalue weighted by Crippen LogP contribution is 2.17. The molecule has 1 atom stereocenters. The summed E-state index contributed by atoms with van der Waals surface area (Å²) < 4.78 is 27.9. The molecule has 6 nitrogen and oxygen atoms in total. The van der Waals surface area contributed by atoms with Crippen molar-refractivity contribution in [2.24, 2.45) is 0 Å². The number of carbonyl (C=O) groups is 2. The monoisotopic (exact) mass is 339 g/mol. The molecule has 1 aromatic rings. The van der Waals surface area contributed by atoms with E-state index in [9.17, 15) is 18.0 Å². The molecule has 23 heavy (non-hydrogen) atoms. The number of esters is 1. The van der Waals surface area contributed by atoms with E-state index >= 15 is 0 Å². The SMILES string of the molecule is Cc1ccc(C(=O)OCC(=O)N(C)[C@H]2CCS(=O)(=O)C2)cc1C. The number of aryl methyl sites for hydroxylation is 2. The summed E-state index contributed by atoms with van der Waals surface area (Å²) in [5, 5.41) is 0. The van der Waals surface area contributed by atoms with Crippen LogP contribution in [0.5, 0.6) is 0 Å². The molecular weight excluding hydrogens is 318 g/mol. The van der Waals surface area contributed by atoms with Crippen molar-refractivity contribution in [3.05, 3.63) is 34.9 Å². The molecule has 0 spiro atoms. The number of likely N-dealkylation sites (N-methyl/N-ethyl adjacent to an activating group) is 1. The summed E-state index contributed by atoms with van der Waals surface area (Å²) in [5.74, 6) is -0.893. The van der Waals surface area contributed by atoms with Gasteiger partial charge in [0.05, 0.1) is 17.1 Å². The molecule has 1 aliphatic heterocycles. The Morgan fingerprint density at radius 2 is 1.96 bits per heavy atom. The Morgan fingerprint density at radius 3 is 2.52 bits per heavy atom. The fourth-order valence-electron chi connectivity index (χ4n) is 2.47. The van der Waals surface area contributed by atoms with E-state index in [1.165, 1.54) is 11.9 Å². The lowest BCUT2D eigenvalue weighted by Crippen LogP contribution is -2.40. The predicted octanol–water partition coefficient (Wildman–Crippen LogP) is 1.11. The molecular formula is C16H21NO5S. The molecule has 126 valence electrons. The lowest BCUT2D eigenvalue weighted by molar-refractivity contribution is -0.134. The highest BCUT2D eigenvalue weighted by atomic mass is 32.2. The average molecular weight is 339 g/mol. The molecule has 1 saturated heterocycles. The Morgan fingerprint density at radius 1 is 1.26 bits per heavy atom. The molecule has 0 N–H and O–H groups in total. The first kappa shape index (κ1) is 17.5. The third-order valence-electron chi connectivity index (χ3n) is 4.22. The van der Waals surface area contributed by atoms with Gasteiger partial charge < -0.3 is 9.64 Å². The first-order valence-electron chi connectivity index (χ1n) is 7.40. The number of hydrogen-bond donors (Lipinski definition) is 0.